The first-order valence-electron chi connectivity index (χ1n) is 22.7. The molecule has 4 N–H and O–H groups in total. The number of unbranched alkanes of at least 4 members (excludes halogenated alkanes) is 1. The number of likely N-dealkylation sites (tertiary alicyclic amines) is 1. The number of rotatable bonds is 25. The van der Waals surface area contributed by atoms with E-state index in [1.165, 1.54) is 11.3 Å². The molecule has 2 fully saturated rings. The fourth-order valence-electron chi connectivity index (χ4n) is 8.41. The topological polar surface area (TPSA) is 180 Å². The first-order valence-corrected chi connectivity index (χ1v) is 23.6. The van der Waals surface area contributed by atoms with Crippen molar-refractivity contribution in [1.29, 1.82) is 0 Å². The van der Waals surface area contributed by atoms with E-state index in [9.17, 15) is 29.1 Å². The lowest BCUT2D eigenvalue weighted by atomic mass is 9.92. The molecular weight excluding hydrogens is 797 g/mol. The number of hydrogen-bond acceptors (Lipinski definition) is 11. The quantitative estimate of drug-likeness (QED) is 0.0630. The molecule has 61 heavy (non-hydrogen) atoms. The molecule has 4 rings (SSSR count). The summed E-state index contributed by atoms with van der Waals surface area (Å²) in [6, 6.07) is 5.73. The van der Waals surface area contributed by atoms with E-state index >= 15 is 0 Å². The smallest absolute Gasteiger partial charge is 0.328 e. The Balaban J connectivity index is 1.52. The molecule has 340 valence electrons. The summed E-state index contributed by atoms with van der Waals surface area (Å²) in [4.78, 5) is 74.8. The highest BCUT2D eigenvalue weighted by molar-refractivity contribution is 7.09. The van der Waals surface area contributed by atoms with Crippen LogP contribution >= 0.6 is 11.3 Å². The van der Waals surface area contributed by atoms with Crippen LogP contribution in [0.25, 0.3) is 0 Å². The number of carbonyl (C=O) groups excluding carboxylic acids is 4. The number of ether oxygens (including phenoxy) is 2. The molecular formula is C46H72N6O8S. The van der Waals surface area contributed by atoms with Crippen LogP contribution in [0.5, 0.6) is 5.75 Å². The van der Waals surface area contributed by atoms with Gasteiger partial charge in [0.25, 0.3) is 5.91 Å². The molecule has 14 nitrogen and oxygen atoms in total. The maximum absolute atomic E-state index is 14.3. The number of carbonyl (C=O) groups is 5. The van der Waals surface area contributed by atoms with Crippen molar-refractivity contribution in [2.24, 2.45) is 11.8 Å². The molecule has 2 aromatic rings. The lowest BCUT2D eigenvalue weighted by molar-refractivity contribution is -0.141. The zero-order chi connectivity index (χ0) is 44.5. The van der Waals surface area contributed by atoms with Gasteiger partial charge >= 0.3 is 11.9 Å². The van der Waals surface area contributed by atoms with Crippen LogP contribution < -0.4 is 20.7 Å². The zero-order valence-corrected chi connectivity index (χ0v) is 38.4. The highest BCUT2D eigenvalue weighted by Gasteiger charge is 2.36. The summed E-state index contributed by atoms with van der Waals surface area (Å²) in [5.41, 5.74) is 1.05. The average Bonchev–Trinajstić information content (AvgIpc) is 3.97. The number of nitrogens with one attached hydrogen (secondary N) is 3. The number of aromatic nitrogens is 1. The maximum atomic E-state index is 14.3. The van der Waals surface area contributed by atoms with E-state index in [1.807, 2.05) is 31.0 Å². The van der Waals surface area contributed by atoms with E-state index in [1.54, 1.807) is 24.4 Å². The minimum atomic E-state index is -0.958. The van der Waals surface area contributed by atoms with Gasteiger partial charge in [-0.1, -0.05) is 72.9 Å². The Morgan fingerprint density at radius 3 is 2.39 bits per heavy atom. The predicted molar refractivity (Wildman–Crippen MR) is 238 cm³/mol. The lowest BCUT2D eigenvalue weighted by Crippen LogP contribution is -2.55. The normalized spacial score (nSPS) is 19.4. The molecule has 2 aliphatic heterocycles. The third kappa shape index (κ3) is 15.1. The molecule has 3 heterocycles. The van der Waals surface area contributed by atoms with Gasteiger partial charge in [0, 0.05) is 36.5 Å². The van der Waals surface area contributed by atoms with E-state index in [0.717, 1.165) is 82.9 Å². The van der Waals surface area contributed by atoms with Crippen LogP contribution in [0.15, 0.2) is 29.6 Å². The summed E-state index contributed by atoms with van der Waals surface area (Å²) in [5, 5.41) is 21.3. The van der Waals surface area contributed by atoms with Crippen molar-refractivity contribution in [3.63, 3.8) is 0 Å². The molecule has 7 atom stereocenters. The van der Waals surface area contributed by atoms with Crippen molar-refractivity contribution in [3.05, 3.63) is 45.9 Å². The van der Waals surface area contributed by atoms with Crippen LogP contribution in [0, 0.1) is 11.8 Å². The molecule has 2 unspecified atom stereocenters. The zero-order valence-electron chi connectivity index (χ0n) is 37.6. The second kappa shape index (κ2) is 25.3. The van der Waals surface area contributed by atoms with Crippen molar-refractivity contribution < 1.29 is 38.6 Å². The molecule has 0 aliphatic carbocycles. The van der Waals surface area contributed by atoms with Crippen molar-refractivity contribution >= 4 is 41.0 Å². The molecule has 2 saturated heterocycles. The Labute approximate surface area is 367 Å². The van der Waals surface area contributed by atoms with E-state index in [4.69, 9.17) is 14.5 Å². The van der Waals surface area contributed by atoms with E-state index in [-0.39, 0.29) is 66.5 Å². The molecule has 0 radical (unpaired) electrons. The standard InChI is InChI=1S/C46H72N6O8S/c1-8-11-15-34(10-3)52(41(53)28-48-43(55)38-17-12-13-23-51(38)7)39(30(4)5)27-40(59-24-9-2)44-50-37(29-61-44)42(54)49-33(25-31(6)45(56)57)26-32-18-20-35(21-19-32)60-46(58)36-16-14-22-47-36/h18-21,29-31,33-34,36,38-40,47H,8-17,22-28H2,1-7H3,(H,48,55)(H,49,54)(H,56,57)/t31-,33?,34?,36+,38+,39+,40+/m0/s1. The molecule has 2 aliphatic rings. The van der Waals surface area contributed by atoms with Crippen molar-refractivity contribution in [2.75, 3.05) is 33.3 Å². The minimum Gasteiger partial charge on any atom is -0.481 e. The number of benzene rings is 1. The number of carboxylic acids is 1. The van der Waals surface area contributed by atoms with E-state index in [0.29, 0.717) is 30.2 Å². The summed E-state index contributed by atoms with van der Waals surface area (Å²) < 4.78 is 12.0. The van der Waals surface area contributed by atoms with Gasteiger partial charge in [-0.15, -0.1) is 11.3 Å². The third-order valence-corrected chi connectivity index (χ3v) is 13.0. The number of hydrogen-bond donors (Lipinski definition) is 4. The first-order chi connectivity index (χ1) is 29.3. The van der Waals surface area contributed by atoms with Crippen LogP contribution in [-0.2, 0) is 30.3 Å². The first kappa shape index (κ1) is 49.7. The number of nitrogens with zero attached hydrogens (tertiary/aromatic N) is 3. The van der Waals surface area contributed by atoms with Gasteiger partial charge in [-0.2, -0.15) is 0 Å². The van der Waals surface area contributed by atoms with Gasteiger partial charge in [-0.3, -0.25) is 24.1 Å². The average molecular weight is 869 g/mol. The van der Waals surface area contributed by atoms with Gasteiger partial charge in [0.05, 0.1) is 18.5 Å². The fraction of sp³-hybridized carbons (Fsp3) is 0.696. The SMILES string of the molecule is CCCCC(CC)N(C(=O)CNC(=O)[C@H]1CCCCN1C)[C@H](C[C@@H](OCCC)c1nc(C(=O)NC(Cc2ccc(OC(=O)[C@H]3CCCN3)cc2)C[C@H](C)C(=O)O)cs1)C(C)C. The van der Waals surface area contributed by atoms with Crippen molar-refractivity contribution in [3.8, 4) is 5.75 Å². The van der Waals surface area contributed by atoms with E-state index in [2.05, 4.69) is 48.5 Å². The van der Waals surface area contributed by atoms with Gasteiger partial charge in [0.2, 0.25) is 11.8 Å². The summed E-state index contributed by atoms with van der Waals surface area (Å²) >= 11 is 1.33. The molecule has 0 spiro atoms. The molecule has 15 heteroatoms. The summed E-state index contributed by atoms with van der Waals surface area (Å²) in [6.45, 7) is 14.2. The van der Waals surface area contributed by atoms with Gasteiger partial charge in [0.1, 0.15) is 28.6 Å². The Morgan fingerprint density at radius 1 is 1.02 bits per heavy atom. The number of thiazole rings is 1. The summed E-state index contributed by atoms with van der Waals surface area (Å²) in [7, 11) is 1.96. The predicted octanol–water partition coefficient (Wildman–Crippen LogP) is 6.53. The van der Waals surface area contributed by atoms with Crippen LogP contribution in [0.4, 0.5) is 0 Å². The second-order valence-corrected chi connectivity index (χ2v) is 18.1. The van der Waals surface area contributed by atoms with Gasteiger partial charge in [-0.05, 0) is 102 Å². The minimum absolute atomic E-state index is 0.0239. The van der Waals surface area contributed by atoms with Crippen LogP contribution in [-0.4, -0.2) is 113 Å². The maximum Gasteiger partial charge on any atom is 0.328 e. The van der Waals surface area contributed by atoms with Gasteiger partial charge < -0.3 is 35.4 Å². The molecule has 1 aromatic carbocycles. The Morgan fingerprint density at radius 2 is 1.77 bits per heavy atom. The molecule has 3 amide bonds. The molecule has 1 aromatic heterocycles. The van der Waals surface area contributed by atoms with Crippen LogP contribution in [0.2, 0.25) is 0 Å². The monoisotopic (exact) mass is 869 g/mol. The number of carboxylic acid groups (broad SMARTS) is 1. The van der Waals surface area contributed by atoms with Crippen LogP contribution in [0.1, 0.15) is 146 Å². The Bertz CT molecular complexity index is 1700. The molecule has 0 bridgehead atoms. The number of aliphatic carboxylic acids is 1. The summed E-state index contributed by atoms with van der Waals surface area (Å²) in [6.07, 6.45) is 9.37. The number of amides is 3. The van der Waals surface area contributed by atoms with Crippen molar-refractivity contribution in [1.82, 2.24) is 30.7 Å². The fourth-order valence-corrected chi connectivity index (χ4v) is 9.27. The molecule has 0 saturated carbocycles. The second-order valence-electron chi connectivity index (χ2n) is 17.3. The number of piperidine rings is 1. The van der Waals surface area contributed by atoms with Gasteiger partial charge in [0.15, 0.2) is 0 Å². The lowest BCUT2D eigenvalue weighted by Gasteiger charge is -2.42. The van der Waals surface area contributed by atoms with Crippen molar-refractivity contribution in [2.45, 2.75) is 161 Å². The highest BCUT2D eigenvalue weighted by atomic mass is 32.1. The third-order valence-electron chi connectivity index (χ3n) is 12.0. The Kier molecular flexibility index (Phi) is 20.6. The number of esters is 1. The van der Waals surface area contributed by atoms with Crippen LogP contribution in [0.3, 0.4) is 0 Å². The van der Waals surface area contributed by atoms with Gasteiger partial charge in [-0.25, -0.2) is 9.78 Å². The summed E-state index contributed by atoms with van der Waals surface area (Å²) in [5.74, 6) is -2.16. The number of likely N-dealkylation sites (N-methyl/N-ethyl adjacent to an activating group) is 1. The largest absolute Gasteiger partial charge is 0.481 e. The Hall–Kier alpha value is -3.92. The highest BCUT2D eigenvalue weighted by Crippen LogP contribution is 2.33. The van der Waals surface area contributed by atoms with E-state index < -0.39 is 29.9 Å².